The molecule has 12 nitrogen and oxygen atoms in total. The highest BCUT2D eigenvalue weighted by Gasteiger charge is 2.50. The van der Waals surface area contributed by atoms with Crippen LogP contribution in [0, 0.1) is 0 Å². The van der Waals surface area contributed by atoms with E-state index in [1.165, 1.54) is 0 Å². The number of aliphatic carboxylic acids is 1. The van der Waals surface area contributed by atoms with Crippen LogP contribution in [0.1, 0.15) is 239 Å². The number of allylic oxidation sites excluding steroid dienone is 20. The number of carbonyl (C=O) groups excluding carboxylic acids is 3. The zero-order valence-electron chi connectivity index (χ0n) is 50.5. The van der Waals surface area contributed by atoms with E-state index in [-0.39, 0.29) is 25.9 Å². The number of carbonyl (C=O) groups is 4. The highest BCUT2D eigenvalue weighted by atomic mass is 16.7. The van der Waals surface area contributed by atoms with Gasteiger partial charge in [0, 0.05) is 19.3 Å². The quantitative estimate of drug-likeness (QED) is 0.0228. The minimum atomic E-state index is -1.92. The van der Waals surface area contributed by atoms with E-state index in [9.17, 15) is 34.5 Å². The van der Waals surface area contributed by atoms with Gasteiger partial charge in [-0.05, 0) is 122 Å². The Morgan fingerprint density at radius 2 is 0.741 bits per heavy atom. The van der Waals surface area contributed by atoms with E-state index in [1.807, 2.05) is 0 Å². The Balaban J connectivity index is 2.71. The zero-order valence-corrected chi connectivity index (χ0v) is 50.5. The number of carboxylic acids is 1. The van der Waals surface area contributed by atoms with Gasteiger partial charge in [-0.3, -0.25) is 14.4 Å². The molecule has 12 heteroatoms. The molecule has 1 aliphatic heterocycles. The van der Waals surface area contributed by atoms with Crippen molar-refractivity contribution < 1.29 is 58.2 Å². The van der Waals surface area contributed by atoms with Gasteiger partial charge in [0.1, 0.15) is 18.8 Å². The lowest BCUT2D eigenvalue weighted by Gasteiger charge is -2.40. The van der Waals surface area contributed by atoms with Crippen LogP contribution in [0.2, 0.25) is 0 Å². The first-order chi connectivity index (χ1) is 39.6. The number of rotatable bonds is 52. The Bertz CT molecular complexity index is 1870. The molecule has 458 valence electrons. The number of hydrogen-bond acceptors (Lipinski definition) is 11. The molecule has 0 aromatic heterocycles. The molecular formula is C69H110O12. The summed E-state index contributed by atoms with van der Waals surface area (Å²) in [5.74, 6) is -3.19. The van der Waals surface area contributed by atoms with Crippen molar-refractivity contribution in [2.75, 3.05) is 13.2 Å². The summed E-state index contributed by atoms with van der Waals surface area (Å²) in [6.45, 7) is 5.63. The summed E-state index contributed by atoms with van der Waals surface area (Å²) in [4.78, 5) is 51.3. The van der Waals surface area contributed by atoms with Gasteiger partial charge in [-0.2, -0.15) is 0 Å². The van der Waals surface area contributed by atoms with Crippen molar-refractivity contribution >= 4 is 23.9 Å². The highest BCUT2D eigenvalue weighted by Crippen LogP contribution is 2.26. The third-order valence-electron chi connectivity index (χ3n) is 13.5. The fraction of sp³-hybridized carbons (Fsp3) is 0.652. The standard InChI is InChI=1S/C69H110O12/c1-4-7-10-13-16-19-22-25-28-31-34-37-40-43-46-49-52-55-61(70)77-58-60(79-62(71)56-53-50-47-44-41-38-35-32-29-26-23-20-17-14-11-8-5-2)59-78-69-67(65(74)64(73)66(81-69)68(75)76)80-63(72)57-54-51-48-45-42-39-36-33-30-27-24-21-18-15-12-9-6-3/h7-12,16-21,25-30,34,37,60,64-67,69,73-74H,4-6,13-15,22-24,31-33,35-36,38-59H2,1-3H3,(H,75,76)/b10-7-,11-8-,12-9-,19-16-,20-17-,21-18-,28-25-,29-26-,30-27-,37-34-. The Morgan fingerprint density at radius 1 is 0.407 bits per heavy atom. The Hall–Kier alpha value is -4.88. The molecule has 6 atom stereocenters. The van der Waals surface area contributed by atoms with Crippen molar-refractivity contribution in [2.45, 2.75) is 276 Å². The molecule has 6 unspecified atom stereocenters. The summed E-state index contributed by atoms with van der Waals surface area (Å²) < 4.78 is 28.5. The van der Waals surface area contributed by atoms with E-state index >= 15 is 0 Å². The largest absolute Gasteiger partial charge is 0.479 e. The molecule has 0 spiro atoms. The minimum absolute atomic E-state index is 0.0394. The van der Waals surface area contributed by atoms with E-state index in [4.69, 9.17) is 23.7 Å². The highest BCUT2D eigenvalue weighted by molar-refractivity contribution is 5.74. The molecule has 0 aromatic rings. The maximum absolute atomic E-state index is 13.2. The number of aliphatic hydroxyl groups excluding tert-OH is 2. The predicted molar refractivity (Wildman–Crippen MR) is 330 cm³/mol. The molecule has 1 saturated heterocycles. The molecule has 1 fully saturated rings. The van der Waals surface area contributed by atoms with Crippen LogP contribution in [0.15, 0.2) is 122 Å². The Labute approximate surface area is 490 Å². The average Bonchev–Trinajstić information content (AvgIpc) is 3.53. The van der Waals surface area contributed by atoms with Crippen molar-refractivity contribution in [1.82, 2.24) is 0 Å². The fourth-order valence-corrected chi connectivity index (χ4v) is 8.80. The van der Waals surface area contributed by atoms with Crippen molar-refractivity contribution in [3.8, 4) is 0 Å². The monoisotopic (exact) mass is 1130 g/mol. The summed E-state index contributed by atoms with van der Waals surface area (Å²) in [5, 5.41) is 31.6. The van der Waals surface area contributed by atoms with Gasteiger partial charge in [0.25, 0.3) is 0 Å². The Morgan fingerprint density at radius 3 is 1.12 bits per heavy atom. The fourth-order valence-electron chi connectivity index (χ4n) is 8.80. The molecule has 0 aliphatic carbocycles. The number of unbranched alkanes of at least 4 members (excludes halogenated alkanes) is 18. The normalized spacial score (nSPS) is 18.6. The zero-order chi connectivity index (χ0) is 58.9. The van der Waals surface area contributed by atoms with E-state index < -0.39 is 67.3 Å². The van der Waals surface area contributed by atoms with Gasteiger partial charge in [-0.1, -0.05) is 219 Å². The molecule has 81 heavy (non-hydrogen) atoms. The number of aliphatic hydroxyl groups is 2. The first kappa shape index (κ1) is 74.1. The molecular weight excluding hydrogens is 1020 g/mol. The van der Waals surface area contributed by atoms with Gasteiger partial charge in [-0.15, -0.1) is 0 Å². The lowest BCUT2D eigenvalue weighted by atomic mass is 9.98. The van der Waals surface area contributed by atoms with E-state index in [0.29, 0.717) is 19.3 Å². The molecule has 1 aliphatic rings. The van der Waals surface area contributed by atoms with E-state index in [0.717, 1.165) is 180 Å². The van der Waals surface area contributed by atoms with E-state index in [2.05, 4.69) is 142 Å². The van der Waals surface area contributed by atoms with Crippen molar-refractivity contribution in [2.24, 2.45) is 0 Å². The van der Waals surface area contributed by atoms with Crippen LogP contribution in [0.25, 0.3) is 0 Å². The van der Waals surface area contributed by atoms with Gasteiger partial charge in [0.05, 0.1) is 6.61 Å². The molecule has 0 radical (unpaired) electrons. The van der Waals surface area contributed by atoms with Crippen molar-refractivity contribution in [3.63, 3.8) is 0 Å². The first-order valence-corrected chi connectivity index (χ1v) is 31.5. The number of ether oxygens (including phenoxy) is 5. The second kappa shape index (κ2) is 55.6. The number of carboxylic acid groups (broad SMARTS) is 1. The molecule has 3 N–H and O–H groups in total. The molecule has 0 aromatic carbocycles. The topological polar surface area (TPSA) is 175 Å². The van der Waals surface area contributed by atoms with Gasteiger partial charge >= 0.3 is 23.9 Å². The van der Waals surface area contributed by atoms with Gasteiger partial charge in [-0.25, -0.2) is 4.79 Å². The van der Waals surface area contributed by atoms with Crippen LogP contribution in [0.5, 0.6) is 0 Å². The summed E-state index contributed by atoms with van der Waals surface area (Å²) >= 11 is 0. The predicted octanol–water partition coefficient (Wildman–Crippen LogP) is 16.8. The van der Waals surface area contributed by atoms with Crippen molar-refractivity contribution in [1.29, 1.82) is 0 Å². The second-order valence-corrected chi connectivity index (χ2v) is 20.9. The van der Waals surface area contributed by atoms with Crippen LogP contribution in [-0.4, -0.2) is 89.2 Å². The molecule has 0 bridgehead atoms. The van der Waals surface area contributed by atoms with Crippen molar-refractivity contribution in [3.05, 3.63) is 122 Å². The summed E-state index contributed by atoms with van der Waals surface area (Å²) in [7, 11) is 0. The third-order valence-corrected chi connectivity index (χ3v) is 13.5. The number of esters is 3. The summed E-state index contributed by atoms with van der Waals surface area (Å²) in [6, 6.07) is 0. The van der Waals surface area contributed by atoms with Crippen LogP contribution in [0.3, 0.4) is 0 Å². The van der Waals surface area contributed by atoms with Gasteiger partial charge in [0.15, 0.2) is 24.6 Å². The maximum Gasteiger partial charge on any atom is 0.335 e. The van der Waals surface area contributed by atoms with Crippen LogP contribution in [0.4, 0.5) is 0 Å². The molecule has 0 amide bonds. The lowest BCUT2D eigenvalue weighted by molar-refractivity contribution is -0.301. The third kappa shape index (κ3) is 45.3. The SMILES string of the molecule is CC/C=C\C/C=C\C/C=C\C/C=C\CCCCCCC(=O)OCC(COC1OC(C(=O)O)C(O)C(O)C1OC(=O)CCCCCCCCC/C=C\C/C=C\C/C=C\CC)OC(=O)CCCCCCCCC/C=C\C/C=C\C/C=C\CC. The maximum atomic E-state index is 13.2. The Kier molecular flexibility index (Phi) is 50.9. The van der Waals surface area contributed by atoms with Crippen LogP contribution in [-0.2, 0) is 42.9 Å². The van der Waals surface area contributed by atoms with Crippen LogP contribution < -0.4 is 0 Å². The minimum Gasteiger partial charge on any atom is -0.479 e. The summed E-state index contributed by atoms with van der Waals surface area (Å²) in [5.41, 5.74) is 0. The van der Waals surface area contributed by atoms with Gasteiger partial charge in [0.2, 0.25) is 0 Å². The van der Waals surface area contributed by atoms with E-state index in [1.54, 1.807) is 0 Å². The smallest absolute Gasteiger partial charge is 0.335 e. The molecule has 1 rings (SSSR count). The average molecular weight is 1130 g/mol. The van der Waals surface area contributed by atoms with Crippen LogP contribution >= 0.6 is 0 Å². The molecule has 1 heterocycles. The van der Waals surface area contributed by atoms with Gasteiger partial charge < -0.3 is 39.0 Å². The summed E-state index contributed by atoms with van der Waals surface area (Å²) in [6.07, 6.45) is 64.4. The number of hydrogen-bond donors (Lipinski definition) is 3. The second-order valence-electron chi connectivity index (χ2n) is 20.9. The molecule has 0 saturated carbocycles. The lowest BCUT2D eigenvalue weighted by Crippen LogP contribution is -2.61. The first-order valence-electron chi connectivity index (χ1n) is 31.5.